The SMILES string of the molecule is CNc1ccc(C(=O)NCCCC(F)(F)F)cc1[N+](=O)[O-]. The van der Waals surface area contributed by atoms with Gasteiger partial charge in [-0.1, -0.05) is 0 Å². The predicted octanol–water partition coefficient (Wildman–Crippen LogP) is 2.71. The first-order valence-corrected chi connectivity index (χ1v) is 6.05. The fraction of sp³-hybridized carbons (Fsp3) is 0.417. The molecule has 0 radical (unpaired) electrons. The Bertz CT molecular complexity index is 532. The van der Waals surface area contributed by atoms with Crippen molar-refractivity contribution in [1.82, 2.24) is 5.32 Å². The van der Waals surface area contributed by atoms with Crippen molar-refractivity contribution in [3.8, 4) is 0 Å². The number of hydrogen-bond acceptors (Lipinski definition) is 4. The summed E-state index contributed by atoms with van der Waals surface area (Å²) in [7, 11) is 1.50. The molecular weight excluding hydrogens is 291 g/mol. The van der Waals surface area contributed by atoms with E-state index in [0.717, 1.165) is 6.07 Å². The monoisotopic (exact) mass is 305 g/mol. The molecule has 0 saturated heterocycles. The lowest BCUT2D eigenvalue weighted by Crippen LogP contribution is -2.25. The van der Waals surface area contributed by atoms with E-state index in [0.29, 0.717) is 0 Å². The summed E-state index contributed by atoms with van der Waals surface area (Å²) in [6.07, 6.45) is -5.50. The van der Waals surface area contributed by atoms with Gasteiger partial charge in [0.25, 0.3) is 11.6 Å². The molecule has 1 aromatic rings. The summed E-state index contributed by atoms with van der Waals surface area (Å²) in [6, 6.07) is 3.80. The van der Waals surface area contributed by atoms with Gasteiger partial charge in [-0.2, -0.15) is 13.2 Å². The topological polar surface area (TPSA) is 84.3 Å². The van der Waals surface area contributed by atoms with Gasteiger partial charge in [0.1, 0.15) is 5.69 Å². The van der Waals surface area contributed by atoms with Crippen LogP contribution in [0.5, 0.6) is 0 Å². The van der Waals surface area contributed by atoms with Crippen molar-refractivity contribution in [3.63, 3.8) is 0 Å². The highest BCUT2D eigenvalue weighted by Gasteiger charge is 2.26. The van der Waals surface area contributed by atoms with Gasteiger partial charge in [-0.25, -0.2) is 0 Å². The predicted molar refractivity (Wildman–Crippen MR) is 70.3 cm³/mol. The van der Waals surface area contributed by atoms with Crippen LogP contribution in [0.25, 0.3) is 0 Å². The van der Waals surface area contributed by atoms with E-state index >= 15 is 0 Å². The lowest BCUT2D eigenvalue weighted by Gasteiger charge is -2.08. The zero-order chi connectivity index (χ0) is 16.0. The number of hydrogen-bond donors (Lipinski definition) is 2. The second-order valence-electron chi connectivity index (χ2n) is 4.21. The van der Waals surface area contributed by atoms with Crippen LogP contribution in [0.4, 0.5) is 24.5 Å². The largest absolute Gasteiger partial charge is 0.389 e. The molecule has 0 spiro atoms. The third kappa shape index (κ3) is 5.28. The second kappa shape index (κ2) is 6.91. The quantitative estimate of drug-likeness (QED) is 0.481. The Hall–Kier alpha value is -2.32. The Morgan fingerprint density at radius 1 is 1.38 bits per heavy atom. The number of nitrogens with zero attached hydrogens (tertiary/aromatic N) is 1. The van der Waals surface area contributed by atoms with Gasteiger partial charge in [0.15, 0.2) is 0 Å². The summed E-state index contributed by atoms with van der Waals surface area (Å²) in [5.74, 6) is -0.650. The number of carbonyl (C=O) groups is 1. The maximum Gasteiger partial charge on any atom is 0.389 e. The molecule has 2 N–H and O–H groups in total. The second-order valence-corrected chi connectivity index (χ2v) is 4.21. The number of carbonyl (C=O) groups excluding carboxylic acids is 1. The fourth-order valence-corrected chi connectivity index (χ4v) is 1.63. The van der Waals surface area contributed by atoms with E-state index in [1.807, 2.05) is 0 Å². The summed E-state index contributed by atoms with van der Waals surface area (Å²) < 4.78 is 35.8. The number of nitro groups is 1. The van der Waals surface area contributed by atoms with Crippen LogP contribution in [-0.4, -0.2) is 30.6 Å². The molecule has 6 nitrogen and oxygen atoms in total. The molecule has 0 atom stereocenters. The molecule has 1 amide bonds. The average Bonchev–Trinajstić information content (AvgIpc) is 2.41. The van der Waals surface area contributed by atoms with Crippen LogP contribution < -0.4 is 10.6 Å². The van der Waals surface area contributed by atoms with E-state index in [4.69, 9.17) is 0 Å². The molecule has 0 bridgehead atoms. The van der Waals surface area contributed by atoms with Crippen molar-refractivity contribution >= 4 is 17.3 Å². The third-order valence-corrected chi connectivity index (χ3v) is 2.65. The molecule has 0 aliphatic carbocycles. The normalized spacial score (nSPS) is 11.0. The van der Waals surface area contributed by atoms with Crippen molar-refractivity contribution in [2.24, 2.45) is 0 Å². The highest BCUT2D eigenvalue weighted by Crippen LogP contribution is 2.25. The van der Waals surface area contributed by atoms with E-state index in [1.165, 1.54) is 19.2 Å². The average molecular weight is 305 g/mol. The fourth-order valence-electron chi connectivity index (χ4n) is 1.63. The van der Waals surface area contributed by atoms with Crippen LogP contribution in [0.3, 0.4) is 0 Å². The Morgan fingerprint density at radius 3 is 2.57 bits per heavy atom. The smallest absolute Gasteiger partial charge is 0.383 e. The highest BCUT2D eigenvalue weighted by atomic mass is 19.4. The van der Waals surface area contributed by atoms with E-state index in [9.17, 15) is 28.1 Å². The van der Waals surface area contributed by atoms with Crippen molar-refractivity contribution in [2.75, 3.05) is 18.9 Å². The Balaban J connectivity index is 2.66. The van der Waals surface area contributed by atoms with Crippen LogP contribution in [0.15, 0.2) is 18.2 Å². The highest BCUT2D eigenvalue weighted by molar-refractivity contribution is 5.95. The van der Waals surface area contributed by atoms with E-state index in [-0.39, 0.29) is 29.9 Å². The first kappa shape index (κ1) is 16.7. The molecule has 0 saturated carbocycles. The number of rotatable bonds is 6. The molecule has 116 valence electrons. The number of anilines is 1. The molecule has 0 aliphatic heterocycles. The number of halogens is 3. The minimum absolute atomic E-state index is 0.0210. The van der Waals surface area contributed by atoms with Gasteiger partial charge in [0.2, 0.25) is 0 Å². The molecule has 0 fully saturated rings. The van der Waals surface area contributed by atoms with Crippen molar-refractivity contribution in [1.29, 1.82) is 0 Å². The zero-order valence-electron chi connectivity index (χ0n) is 11.2. The van der Waals surface area contributed by atoms with Crippen molar-refractivity contribution in [3.05, 3.63) is 33.9 Å². The Kier molecular flexibility index (Phi) is 5.51. The summed E-state index contributed by atoms with van der Waals surface area (Å²) in [5, 5.41) is 15.7. The maximum atomic E-state index is 11.9. The number of alkyl halides is 3. The molecule has 0 unspecified atom stereocenters. The Labute approximate surface area is 118 Å². The van der Waals surface area contributed by atoms with Crippen molar-refractivity contribution < 1.29 is 22.9 Å². The van der Waals surface area contributed by atoms with Gasteiger partial charge in [0, 0.05) is 31.6 Å². The molecule has 0 heterocycles. The molecule has 0 aromatic heterocycles. The van der Waals surface area contributed by atoms with Crippen LogP contribution in [0, 0.1) is 10.1 Å². The number of nitro benzene ring substituents is 1. The molecule has 21 heavy (non-hydrogen) atoms. The third-order valence-electron chi connectivity index (χ3n) is 2.65. The minimum atomic E-state index is -4.27. The van der Waals surface area contributed by atoms with Crippen LogP contribution in [-0.2, 0) is 0 Å². The van der Waals surface area contributed by atoms with Crippen LogP contribution in [0.1, 0.15) is 23.2 Å². The molecule has 1 rings (SSSR count). The van der Waals surface area contributed by atoms with E-state index < -0.39 is 23.4 Å². The Morgan fingerprint density at radius 2 is 2.05 bits per heavy atom. The standard InChI is InChI=1S/C12H14F3N3O3/c1-16-9-4-3-8(7-10(9)18(20)21)11(19)17-6-2-5-12(13,14)15/h3-4,7,16H,2,5-6H2,1H3,(H,17,19). The van der Waals surface area contributed by atoms with E-state index in [1.54, 1.807) is 0 Å². The van der Waals surface area contributed by atoms with Crippen molar-refractivity contribution in [2.45, 2.75) is 19.0 Å². The number of amides is 1. The van der Waals surface area contributed by atoms with Gasteiger partial charge in [0.05, 0.1) is 4.92 Å². The first-order chi connectivity index (χ1) is 9.74. The van der Waals surface area contributed by atoms with Crippen LogP contribution >= 0.6 is 0 Å². The van der Waals surface area contributed by atoms with Gasteiger partial charge in [-0.15, -0.1) is 0 Å². The van der Waals surface area contributed by atoms with Gasteiger partial charge < -0.3 is 10.6 Å². The lowest BCUT2D eigenvalue weighted by atomic mass is 10.1. The summed E-state index contributed by atoms with van der Waals surface area (Å²) in [6.45, 7) is -0.153. The van der Waals surface area contributed by atoms with E-state index in [2.05, 4.69) is 10.6 Å². The molecule has 0 aliphatic rings. The first-order valence-electron chi connectivity index (χ1n) is 6.05. The van der Waals surface area contributed by atoms with Gasteiger partial charge in [-0.3, -0.25) is 14.9 Å². The number of benzene rings is 1. The summed E-state index contributed by atoms with van der Waals surface area (Å²) >= 11 is 0. The molecule has 9 heteroatoms. The lowest BCUT2D eigenvalue weighted by molar-refractivity contribution is -0.384. The van der Waals surface area contributed by atoms with Crippen LogP contribution in [0.2, 0.25) is 0 Å². The maximum absolute atomic E-state index is 11.9. The summed E-state index contributed by atoms with van der Waals surface area (Å²) in [4.78, 5) is 21.9. The molecule has 1 aromatic carbocycles. The zero-order valence-corrected chi connectivity index (χ0v) is 11.2. The van der Waals surface area contributed by atoms with Gasteiger partial charge >= 0.3 is 6.18 Å². The summed E-state index contributed by atoms with van der Waals surface area (Å²) in [5.41, 5.74) is -0.0122. The number of nitrogens with one attached hydrogen (secondary N) is 2. The molecular formula is C12H14F3N3O3. The van der Waals surface area contributed by atoms with Gasteiger partial charge in [-0.05, 0) is 18.6 Å². The minimum Gasteiger partial charge on any atom is -0.383 e.